The molecule has 270 valence electrons. The summed E-state index contributed by atoms with van der Waals surface area (Å²) in [4.78, 5) is 20.3. The average molecular weight is 728 g/mol. The van der Waals surface area contributed by atoms with Gasteiger partial charge in [-0.05, 0) is 72.0 Å². The number of ether oxygens (including phenoxy) is 2. The van der Waals surface area contributed by atoms with Gasteiger partial charge in [-0.2, -0.15) is 15.3 Å². The Labute approximate surface area is 302 Å². The molecule has 13 heteroatoms. The van der Waals surface area contributed by atoms with Crippen LogP contribution >= 0.6 is 0 Å². The fraction of sp³-hybridized carbons (Fsp3) is 0.447. The number of fused-ring (bicyclic) bond motifs is 2. The maximum absolute atomic E-state index is 14.9. The predicted molar refractivity (Wildman–Crippen MR) is 204 cm³/mol. The molecule has 0 aliphatic carbocycles. The number of halogens is 1. The molecule has 0 radical (unpaired) electrons. The average Bonchev–Trinajstić information content (AvgIpc) is 3.76. The van der Waals surface area contributed by atoms with E-state index in [1.165, 1.54) is 12.4 Å². The Morgan fingerprint density at radius 2 is 1.65 bits per heavy atom. The van der Waals surface area contributed by atoms with Gasteiger partial charge >= 0.3 is 0 Å². The monoisotopic (exact) mass is 727 g/mol. The minimum atomic E-state index is -1.31. The van der Waals surface area contributed by atoms with Crippen LogP contribution in [0, 0.1) is 12.7 Å². The predicted octanol–water partition coefficient (Wildman–Crippen LogP) is 8.15. The summed E-state index contributed by atoms with van der Waals surface area (Å²) in [5.41, 5.74) is 7.38. The lowest BCUT2D eigenvalue weighted by Crippen LogP contribution is -2.27. The van der Waals surface area contributed by atoms with Crippen LogP contribution in [0.2, 0.25) is 51.4 Å². The lowest BCUT2D eigenvalue weighted by Gasteiger charge is -2.18. The Kier molecular flexibility index (Phi) is 10.7. The zero-order valence-corrected chi connectivity index (χ0v) is 33.2. The normalized spacial score (nSPS) is 13.4. The molecule has 1 amide bonds. The highest BCUT2D eigenvalue weighted by molar-refractivity contribution is 6.76. The van der Waals surface area contributed by atoms with Crippen molar-refractivity contribution >= 4 is 33.0 Å². The van der Waals surface area contributed by atoms with Gasteiger partial charge in [-0.3, -0.25) is 4.79 Å². The minimum absolute atomic E-state index is 0.118. The summed E-state index contributed by atoms with van der Waals surface area (Å²) in [5.74, 6) is 0.358. The molecule has 0 saturated heterocycles. The number of aromatic nitrogens is 6. The van der Waals surface area contributed by atoms with Crippen molar-refractivity contribution in [2.75, 3.05) is 13.2 Å². The molecule has 0 bridgehead atoms. The van der Waals surface area contributed by atoms with E-state index in [-0.39, 0.29) is 18.5 Å². The van der Waals surface area contributed by atoms with Crippen LogP contribution in [0.15, 0.2) is 48.8 Å². The van der Waals surface area contributed by atoms with Gasteiger partial charge in [0.15, 0.2) is 5.82 Å². The van der Waals surface area contributed by atoms with E-state index in [1.54, 1.807) is 24.0 Å². The Morgan fingerprint density at radius 3 is 2.31 bits per heavy atom. The molecule has 0 atom stereocenters. The summed E-state index contributed by atoms with van der Waals surface area (Å²) < 4.78 is 31.4. The molecular formula is C38H50FN7O3Si2. The third-order valence-corrected chi connectivity index (χ3v) is 12.8. The molecule has 0 saturated carbocycles. The van der Waals surface area contributed by atoms with E-state index in [9.17, 15) is 9.18 Å². The summed E-state index contributed by atoms with van der Waals surface area (Å²) in [6.45, 7) is 20.5. The van der Waals surface area contributed by atoms with Crippen LogP contribution in [0.3, 0.4) is 0 Å². The van der Waals surface area contributed by atoms with Gasteiger partial charge in [0.05, 0.1) is 48.0 Å². The standard InChI is InChI=1S/C38H50FN7O3Si2/c1-9-27-18-26(2)32(39)20-31(27)28-10-11-30-34(19-28)46(25-49-15-17-51(6,7)8)43-36(30)37-42-33-22-44(38(47)29-12-13-40-41-21-29)23-35(33)45(37)24-48-14-16-50(3,4)5/h10-13,18-21H,9,14-17,22-25H2,1-8H3. The molecule has 1 aliphatic rings. The lowest BCUT2D eigenvalue weighted by molar-refractivity contribution is 0.0722. The highest BCUT2D eigenvalue weighted by Crippen LogP contribution is 2.36. The van der Waals surface area contributed by atoms with Crippen LogP contribution in [0.4, 0.5) is 4.39 Å². The number of carbonyl (C=O) groups is 1. The number of benzene rings is 2. The van der Waals surface area contributed by atoms with Crippen LogP contribution in [-0.4, -0.2) is 69.7 Å². The van der Waals surface area contributed by atoms with Gasteiger partial charge < -0.3 is 18.9 Å². The van der Waals surface area contributed by atoms with E-state index < -0.39 is 16.1 Å². The van der Waals surface area contributed by atoms with E-state index in [1.807, 2.05) is 16.8 Å². The molecule has 2 aromatic carbocycles. The number of aryl methyl sites for hydroxylation is 2. The maximum atomic E-state index is 14.9. The van der Waals surface area contributed by atoms with Crippen molar-refractivity contribution < 1.29 is 18.7 Å². The van der Waals surface area contributed by atoms with Crippen LogP contribution in [-0.2, 0) is 42.4 Å². The topological polar surface area (TPSA) is 100 Å². The molecule has 6 rings (SSSR count). The Balaban J connectivity index is 1.41. The van der Waals surface area contributed by atoms with E-state index >= 15 is 0 Å². The highest BCUT2D eigenvalue weighted by atomic mass is 28.3. The highest BCUT2D eigenvalue weighted by Gasteiger charge is 2.32. The molecular weight excluding hydrogens is 678 g/mol. The van der Waals surface area contributed by atoms with Crippen molar-refractivity contribution in [1.82, 2.24) is 34.4 Å². The molecule has 51 heavy (non-hydrogen) atoms. The number of imidazole rings is 1. The Morgan fingerprint density at radius 1 is 0.922 bits per heavy atom. The van der Waals surface area contributed by atoms with Crippen molar-refractivity contribution in [3.8, 4) is 22.6 Å². The molecule has 3 aromatic heterocycles. The second-order valence-corrected chi connectivity index (χ2v) is 27.2. The third kappa shape index (κ3) is 8.38. The molecule has 10 nitrogen and oxygen atoms in total. The first-order chi connectivity index (χ1) is 24.2. The number of hydrogen-bond donors (Lipinski definition) is 0. The number of amides is 1. The summed E-state index contributed by atoms with van der Waals surface area (Å²) in [6.07, 6.45) is 3.81. The zero-order valence-electron chi connectivity index (χ0n) is 31.2. The SMILES string of the molecule is CCc1cc(C)c(F)cc1-c1ccc2c(-c3nc4c(n3COCC[Si](C)(C)C)CN(C(=O)c3ccnnc3)C4)nn(COCC[Si](C)(C)C)c2c1. The van der Waals surface area contributed by atoms with Gasteiger partial charge in [-0.15, -0.1) is 0 Å². The second-order valence-electron chi connectivity index (χ2n) is 15.9. The van der Waals surface area contributed by atoms with Crippen LogP contribution < -0.4 is 0 Å². The number of rotatable bonds is 14. The minimum Gasteiger partial charge on any atom is -0.361 e. The first-order valence-electron chi connectivity index (χ1n) is 17.8. The molecule has 5 aromatic rings. The number of nitrogens with zero attached hydrogens (tertiary/aromatic N) is 7. The zero-order chi connectivity index (χ0) is 36.5. The van der Waals surface area contributed by atoms with E-state index in [4.69, 9.17) is 19.6 Å². The Bertz CT molecular complexity index is 2030. The number of carbonyl (C=O) groups excluding carboxylic acids is 1. The van der Waals surface area contributed by atoms with Crippen molar-refractivity contribution in [3.63, 3.8) is 0 Å². The largest absolute Gasteiger partial charge is 0.361 e. The lowest BCUT2D eigenvalue weighted by atomic mass is 9.95. The molecule has 4 heterocycles. The first-order valence-corrected chi connectivity index (χ1v) is 25.2. The van der Waals surface area contributed by atoms with Gasteiger partial charge in [0.1, 0.15) is 25.0 Å². The second kappa shape index (κ2) is 14.9. The van der Waals surface area contributed by atoms with Crippen molar-refractivity contribution in [2.24, 2.45) is 0 Å². The third-order valence-electron chi connectivity index (χ3n) is 9.42. The fourth-order valence-electron chi connectivity index (χ4n) is 6.29. The quantitative estimate of drug-likeness (QED) is 0.0841. The summed E-state index contributed by atoms with van der Waals surface area (Å²) in [7, 11) is -2.61. The molecule has 0 N–H and O–H groups in total. The van der Waals surface area contributed by atoms with Gasteiger partial charge in [-0.25, -0.2) is 14.1 Å². The van der Waals surface area contributed by atoms with Crippen molar-refractivity contribution in [1.29, 1.82) is 0 Å². The summed E-state index contributed by atoms with van der Waals surface area (Å²) >= 11 is 0. The molecule has 0 fully saturated rings. The van der Waals surface area contributed by atoms with Gasteiger partial charge in [0.2, 0.25) is 0 Å². The van der Waals surface area contributed by atoms with E-state index in [0.29, 0.717) is 50.0 Å². The van der Waals surface area contributed by atoms with Crippen LogP contribution in [0.5, 0.6) is 0 Å². The fourth-order valence-corrected chi connectivity index (χ4v) is 7.80. The van der Waals surface area contributed by atoms with Gasteiger partial charge in [0.25, 0.3) is 5.91 Å². The maximum Gasteiger partial charge on any atom is 0.256 e. The van der Waals surface area contributed by atoms with Gasteiger partial charge in [-0.1, -0.05) is 58.3 Å². The summed E-state index contributed by atoms with van der Waals surface area (Å²) in [6, 6.07) is 13.5. The Hall–Kier alpha value is -4.05. The van der Waals surface area contributed by atoms with E-state index in [2.05, 4.69) is 73.1 Å². The van der Waals surface area contributed by atoms with Crippen molar-refractivity contribution in [3.05, 3.63) is 82.7 Å². The number of hydrogen-bond acceptors (Lipinski definition) is 7. The first kappa shape index (κ1) is 36.7. The molecule has 1 aliphatic heterocycles. The summed E-state index contributed by atoms with van der Waals surface area (Å²) in [5, 5.41) is 13.8. The molecule has 0 unspecified atom stereocenters. The van der Waals surface area contributed by atoms with Crippen molar-refractivity contribution in [2.45, 2.75) is 98.2 Å². The van der Waals surface area contributed by atoms with Crippen LogP contribution in [0.25, 0.3) is 33.5 Å². The van der Waals surface area contributed by atoms with E-state index in [0.717, 1.165) is 63.2 Å². The van der Waals surface area contributed by atoms with Gasteiger partial charge in [0, 0.05) is 34.7 Å². The molecule has 0 spiro atoms. The smallest absolute Gasteiger partial charge is 0.256 e. The van der Waals surface area contributed by atoms with Crippen LogP contribution in [0.1, 0.15) is 39.8 Å².